The molecule has 3 aromatic carbocycles. The zero-order chi connectivity index (χ0) is 24.5. The predicted molar refractivity (Wildman–Crippen MR) is 135 cm³/mol. The Bertz CT molecular complexity index is 1130. The van der Waals surface area contributed by atoms with Crippen LogP contribution in [0.2, 0.25) is 0 Å². The van der Waals surface area contributed by atoms with E-state index in [-0.39, 0.29) is 36.3 Å². The van der Waals surface area contributed by atoms with Gasteiger partial charge in [-0.3, -0.25) is 14.4 Å². The molecule has 3 rings (SSSR count). The van der Waals surface area contributed by atoms with E-state index in [1.165, 1.54) is 0 Å². The zero-order valence-electron chi connectivity index (χ0n) is 19.6. The SMILES string of the molecule is CC(C)NC(=O)c1ccc(NCC(=O)Nc2cccc(C(=O)NC(C)c3ccccc3)c2)cc1. The van der Waals surface area contributed by atoms with E-state index in [9.17, 15) is 14.4 Å². The van der Waals surface area contributed by atoms with E-state index >= 15 is 0 Å². The van der Waals surface area contributed by atoms with Gasteiger partial charge in [-0.1, -0.05) is 36.4 Å². The Hall–Kier alpha value is -4.13. The molecule has 7 heteroatoms. The highest BCUT2D eigenvalue weighted by Crippen LogP contribution is 2.15. The predicted octanol–water partition coefficient (Wildman–Crippen LogP) is 4.37. The summed E-state index contributed by atoms with van der Waals surface area (Å²) in [4.78, 5) is 37.1. The van der Waals surface area contributed by atoms with Gasteiger partial charge in [-0.25, -0.2) is 0 Å². The van der Waals surface area contributed by atoms with Gasteiger partial charge in [-0.2, -0.15) is 0 Å². The fourth-order valence-corrected chi connectivity index (χ4v) is 3.32. The zero-order valence-corrected chi connectivity index (χ0v) is 19.6. The first kappa shape index (κ1) is 24.5. The van der Waals surface area contributed by atoms with Crippen LogP contribution in [0, 0.1) is 0 Å². The van der Waals surface area contributed by atoms with Gasteiger partial charge in [0.05, 0.1) is 12.6 Å². The van der Waals surface area contributed by atoms with Crippen molar-refractivity contribution in [2.45, 2.75) is 32.9 Å². The lowest BCUT2D eigenvalue weighted by molar-refractivity contribution is -0.114. The number of anilines is 2. The van der Waals surface area contributed by atoms with Gasteiger partial charge in [-0.05, 0) is 68.8 Å². The molecule has 7 nitrogen and oxygen atoms in total. The van der Waals surface area contributed by atoms with Gasteiger partial charge in [0, 0.05) is 28.5 Å². The number of hydrogen-bond acceptors (Lipinski definition) is 4. The second kappa shape index (κ2) is 11.7. The normalized spacial score (nSPS) is 11.4. The molecule has 0 radical (unpaired) electrons. The van der Waals surface area contributed by atoms with Crippen LogP contribution in [0.3, 0.4) is 0 Å². The molecule has 4 N–H and O–H groups in total. The minimum Gasteiger partial charge on any atom is -0.376 e. The molecule has 0 aliphatic heterocycles. The fourth-order valence-electron chi connectivity index (χ4n) is 3.32. The monoisotopic (exact) mass is 458 g/mol. The van der Waals surface area contributed by atoms with Crippen LogP contribution in [0.4, 0.5) is 11.4 Å². The third-order valence-electron chi connectivity index (χ3n) is 5.08. The largest absolute Gasteiger partial charge is 0.376 e. The van der Waals surface area contributed by atoms with E-state index in [1.807, 2.05) is 51.1 Å². The summed E-state index contributed by atoms with van der Waals surface area (Å²) in [6.07, 6.45) is 0. The van der Waals surface area contributed by atoms with Gasteiger partial charge in [0.1, 0.15) is 0 Å². The molecule has 0 fully saturated rings. The van der Waals surface area contributed by atoms with Crippen molar-refractivity contribution in [3.8, 4) is 0 Å². The number of carbonyl (C=O) groups excluding carboxylic acids is 3. The first-order valence-corrected chi connectivity index (χ1v) is 11.2. The number of carbonyl (C=O) groups is 3. The van der Waals surface area contributed by atoms with E-state index in [2.05, 4.69) is 21.3 Å². The first-order valence-electron chi connectivity index (χ1n) is 11.2. The molecule has 3 amide bonds. The second-order valence-electron chi connectivity index (χ2n) is 8.29. The molecule has 1 unspecified atom stereocenters. The summed E-state index contributed by atoms with van der Waals surface area (Å²) >= 11 is 0. The highest BCUT2D eigenvalue weighted by molar-refractivity contribution is 5.98. The minimum absolute atomic E-state index is 0.0407. The average Bonchev–Trinajstić information content (AvgIpc) is 2.83. The summed E-state index contributed by atoms with van der Waals surface area (Å²) in [7, 11) is 0. The maximum absolute atomic E-state index is 12.6. The maximum Gasteiger partial charge on any atom is 0.251 e. The molecule has 0 saturated heterocycles. The molecule has 0 spiro atoms. The molecule has 0 aliphatic rings. The summed E-state index contributed by atoms with van der Waals surface area (Å²) in [5.41, 5.74) is 3.29. The van der Waals surface area contributed by atoms with Crippen molar-refractivity contribution in [1.82, 2.24) is 10.6 Å². The van der Waals surface area contributed by atoms with Gasteiger partial charge < -0.3 is 21.3 Å². The van der Waals surface area contributed by atoms with E-state index in [4.69, 9.17) is 0 Å². The van der Waals surface area contributed by atoms with Crippen molar-refractivity contribution in [2.75, 3.05) is 17.2 Å². The topological polar surface area (TPSA) is 99.3 Å². The van der Waals surface area contributed by atoms with Gasteiger partial charge in [0.25, 0.3) is 11.8 Å². The van der Waals surface area contributed by atoms with Gasteiger partial charge in [-0.15, -0.1) is 0 Å². The van der Waals surface area contributed by atoms with Crippen molar-refractivity contribution in [1.29, 1.82) is 0 Å². The highest BCUT2D eigenvalue weighted by atomic mass is 16.2. The van der Waals surface area contributed by atoms with E-state index in [0.29, 0.717) is 16.8 Å². The number of rotatable bonds is 9. The lowest BCUT2D eigenvalue weighted by atomic mass is 10.1. The molecule has 0 aromatic heterocycles. The Morgan fingerprint density at radius 1 is 0.706 bits per heavy atom. The van der Waals surface area contributed by atoms with Crippen molar-refractivity contribution >= 4 is 29.1 Å². The fraction of sp³-hybridized carbons (Fsp3) is 0.222. The number of amides is 3. The van der Waals surface area contributed by atoms with E-state index in [0.717, 1.165) is 11.3 Å². The lowest BCUT2D eigenvalue weighted by Gasteiger charge is -2.15. The van der Waals surface area contributed by atoms with Crippen LogP contribution in [0.15, 0.2) is 78.9 Å². The molecule has 176 valence electrons. The summed E-state index contributed by atoms with van der Waals surface area (Å²) in [6.45, 7) is 5.77. The molecular weight excluding hydrogens is 428 g/mol. The average molecular weight is 459 g/mol. The van der Waals surface area contributed by atoms with Crippen LogP contribution in [0.25, 0.3) is 0 Å². The number of hydrogen-bond donors (Lipinski definition) is 4. The van der Waals surface area contributed by atoms with Crippen molar-refractivity contribution < 1.29 is 14.4 Å². The van der Waals surface area contributed by atoms with Crippen LogP contribution in [-0.4, -0.2) is 30.3 Å². The lowest BCUT2D eigenvalue weighted by Crippen LogP contribution is -2.30. The van der Waals surface area contributed by atoms with Crippen LogP contribution in [0.1, 0.15) is 53.1 Å². The molecule has 0 saturated carbocycles. The van der Waals surface area contributed by atoms with Gasteiger partial charge in [0.2, 0.25) is 5.91 Å². The van der Waals surface area contributed by atoms with Crippen LogP contribution in [-0.2, 0) is 4.79 Å². The Kier molecular flexibility index (Phi) is 8.40. The van der Waals surface area contributed by atoms with Crippen LogP contribution >= 0.6 is 0 Å². The van der Waals surface area contributed by atoms with E-state index < -0.39 is 0 Å². The maximum atomic E-state index is 12.6. The molecule has 0 aliphatic carbocycles. The molecule has 1 atom stereocenters. The van der Waals surface area contributed by atoms with Gasteiger partial charge in [0.15, 0.2) is 0 Å². The molecule has 0 bridgehead atoms. The standard InChI is InChI=1S/C27H30N4O3/c1-18(2)29-26(33)21-12-14-23(15-13-21)28-17-25(32)31-24-11-7-10-22(16-24)27(34)30-19(3)20-8-5-4-6-9-20/h4-16,18-19,28H,17H2,1-3H3,(H,29,33)(H,30,34)(H,31,32). The second-order valence-corrected chi connectivity index (χ2v) is 8.29. The van der Waals surface area contributed by atoms with Gasteiger partial charge >= 0.3 is 0 Å². The summed E-state index contributed by atoms with van der Waals surface area (Å²) < 4.78 is 0. The Morgan fingerprint density at radius 2 is 1.38 bits per heavy atom. The molecule has 34 heavy (non-hydrogen) atoms. The molecule has 3 aromatic rings. The first-order chi connectivity index (χ1) is 16.3. The third-order valence-corrected chi connectivity index (χ3v) is 5.08. The number of nitrogens with one attached hydrogen (secondary N) is 4. The summed E-state index contributed by atoms with van der Waals surface area (Å²) in [6, 6.07) is 23.4. The Balaban J connectivity index is 1.52. The van der Waals surface area contributed by atoms with Crippen LogP contribution in [0.5, 0.6) is 0 Å². The summed E-state index contributed by atoms with van der Waals surface area (Å²) in [5, 5.41) is 11.6. The quantitative estimate of drug-likeness (QED) is 0.383. The van der Waals surface area contributed by atoms with E-state index in [1.54, 1.807) is 48.5 Å². The summed E-state index contributed by atoms with van der Waals surface area (Å²) in [5.74, 6) is -0.606. The van der Waals surface area contributed by atoms with Crippen molar-refractivity contribution in [3.63, 3.8) is 0 Å². The third kappa shape index (κ3) is 7.20. The van der Waals surface area contributed by atoms with Crippen molar-refractivity contribution in [2.24, 2.45) is 0 Å². The Labute approximate surface area is 200 Å². The van der Waals surface area contributed by atoms with Crippen LogP contribution < -0.4 is 21.3 Å². The minimum atomic E-state index is -0.253. The van der Waals surface area contributed by atoms with Crippen molar-refractivity contribution in [3.05, 3.63) is 95.6 Å². The Morgan fingerprint density at radius 3 is 2.06 bits per heavy atom. The smallest absolute Gasteiger partial charge is 0.251 e. The molecule has 0 heterocycles. The highest BCUT2D eigenvalue weighted by Gasteiger charge is 2.12. The number of benzene rings is 3. The molecular formula is C27H30N4O3.